The number of nitrogens with zero attached hydrogens (tertiary/aromatic N) is 3. The van der Waals surface area contributed by atoms with E-state index in [2.05, 4.69) is 20.1 Å². The van der Waals surface area contributed by atoms with Crippen molar-refractivity contribution in [3.63, 3.8) is 0 Å². The van der Waals surface area contributed by atoms with Crippen LogP contribution < -0.4 is 10.1 Å². The first-order valence-electron chi connectivity index (χ1n) is 8.36. The van der Waals surface area contributed by atoms with Crippen LogP contribution in [0.25, 0.3) is 5.82 Å². The molecule has 0 aliphatic heterocycles. The lowest BCUT2D eigenvalue weighted by atomic mass is 10.2. The minimum atomic E-state index is -2.95. The van der Waals surface area contributed by atoms with Gasteiger partial charge < -0.3 is 10.1 Å². The molecular formula is C19H17ClF2N4O2. The summed E-state index contributed by atoms with van der Waals surface area (Å²) in [6.45, 7) is 0.747. The van der Waals surface area contributed by atoms with Crippen molar-refractivity contribution in [1.82, 2.24) is 20.1 Å². The number of ether oxygens (including phenoxy) is 1. The molecule has 146 valence electrons. The molecule has 0 unspecified atom stereocenters. The van der Waals surface area contributed by atoms with Crippen LogP contribution in [0.3, 0.4) is 0 Å². The van der Waals surface area contributed by atoms with Crippen molar-refractivity contribution in [3.05, 3.63) is 70.1 Å². The number of halogens is 3. The van der Waals surface area contributed by atoms with E-state index < -0.39 is 12.5 Å². The first kappa shape index (κ1) is 19.8. The largest absolute Gasteiger partial charge is 0.434 e. The molecule has 0 fully saturated rings. The topological polar surface area (TPSA) is 69.0 Å². The molecule has 2 heterocycles. The Morgan fingerprint density at radius 3 is 2.68 bits per heavy atom. The summed E-state index contributed by atoms with van der Waals surface area (Å²) in [5.74, 6) is -0.102. The minimum Gasteiger partial charge on any atom is -0.434 e. The standard InChI is InChI=1S/C19H17ClF2N4O2/c1-11-9-12(2)26(25-11)16-8-7-14(20)17(24-16)18(27)23-10-13-5-3-4-6-15(13)28-19(21)22/h3-9,19H,10H2,1-2H3,(H,23,27). The zero-order valence-corrected chi connectivity index (χ0v) is 15.9. The average Bonchev–Trinajstić information content (AvgIpc) is 2.99. The van der Waals surface area contributed by atoms with Gasteiger partial charge in [-0.05, 0) is 38.1 Å². The number of hydrogen-bond acceptors (Lipinski definition) is 4. The van der Waals surface area contributed by atoms with Gasteiger partial charge in [-0.3, -0.25) is 4.79 Å². The second-order valence-corrected chi connectivity index (χ2v) is 6.41. The highest BCUT2D eigenvalue weighted by Crippen LogP contribution is 2.21. The molecule has 0 saturated carbocycles. The van der Waals surface area contributed by atoms with Crippen molar-refractivity contribution < 1.29 is 18.3 Å². The third-order valence-corrected chi connectivity index (χ3v) is 4.21. The smallest absolute Gasteiger partial charge is 0.387 e. The monoisotopic (exact) mass is 406 g/mol. The normalized spacial score (nSPS) is 10.9. The van der Waals surface area contributed by atoms with Crippen LogP contribution in [0.15, 0.2) is 42.5 Å². The number of aryl methyl sites for hydroxylation is 2. The van der Waals surface area contributed by atoms with Gasteiger partial charge in [-0.2, -0.15) is 13.9 Å². The number of carbonyl (C=O) groups excluding carboxylic acids is 1. The summed E-state index contributed by atoms with van der Waals surface area (Å²) in [5, 5.41) is 7.13. The fourth-order valence-corrected chi connectivity index (χ4v) is 2.88. The van der Waals surface area contributed by atoms with E-state index in [0.29, 0.717) is 11.4 Å². The molecule has 1 aromatic carbocycles. The lowest BCUT2D eigenvalue weighted by molar-refractivity contribution is -0.0504. The summed E-state index contributed by atoms with van der Waals surface area (Å²) in [7, 11) is 0. The van der Waals surface area contributed by atoms with Crippen LogP contribution in [0, 0.1) is 13.8 Å². The summed E-state index contributed by atoms with van der Waals surface area (Å²) in [6.07, 6.45) is 0. The van der Waals surface area contributed by atoms with E-state index in [4.69, 9.17) is 11.6 Å². The molecule has 0 aliphatic carbocycles. The molecule has 28 heavy (non-hydrogen) atoms. The summed E-state index contributed by atoms with van der Waals surface area (Å²) in [4.78, 5) is 16.9. The number of alkyl halides is 2. The fourth-order valence-electron chi connectivity index (χ4n) is 2.69. The van der Waals surface area contributed by atoms with Gasteiger partial charge in [0.2, 0.25) is 0 Å². The van der Waals surface area contributed by atoms with Crippen molar-refractivity contribution >= 4 is 17.5 Å². The van der Waals surface area contributed by atoms with Crippen molar-refractivity contribution in [2.24, 2.45) is 0 Å². The number of rotatable bonds is 6. The summed E-state index contributed by atoms with van der Waals surface area (Å²) in [6, 6.07) is 11.3. The van der Waals surface area contributed by atoms with Crippen LogP contribution >= 0.6 is 11.6 Å². The van der Waals surface area contributed by atoms with E-state index in [-0.39, 0.29) is 23.0 Å². The van der Waals surface area contributed by atoms with Crippen LogP contribution in [0.1, 0.15) is 27.4 Å². The van der Waals surface area contributed by atoms with Gasteiger partial charge in [0.15, 0.2) is 5.82 Å². The van der Waals surface area contributed by atoms with E-state index >= 15 is 0 Å². The molecule has 0 radical (unpaired) electrons. The summed E-state index contributed by atoms with van der Waals surface area (Å²) >= 11 is 6.13. The van der Waals surface area contributed by atoms with Crippen molar-refractivity contribution in [1.29, 1.82) is 0 Å². The second kappa shape index (κ2) is 8.35. The van der Waals surface area contributed by atoms with Crippen molar-refractivity contribution in [2.45, 2.75) is 27.0 Å². The molecule has 3 aromatic rings. The Labute approximate surface area is 165 Å². The Hall–Kier alpha value is -3.00. The number of hydrogen-bond donors (Lipinski definition) is 1. The molecule has 9 heteroatoms. The molecule has 0 atom stereocenters. The van der Waals surface area contributed by atoms with E-state index in [1.165, 1.54) is 6.07 Å². The second-order valence-electron chi connectivity index (χ2n) is 6.01. The van der Waals surface area contributed by atoms with Gasteiger partial charge in [-0.25, -0.2) is 9.67 Å². The van der Waals surface area contributed by atoms with Crippen LogP contribution in [-0.2, 0) is 6.54 Å². The molecule has 1 amide bonds. The highest BCUT2D eigenvalue weighted by atomic mass is 35.5. The number of benzene rings is 1. The van der Waals surface area contributed by atoms with E-state index in [1.807, 2.05) is 19.9 Å². The number of carbonyl (C=O) groups is 1. The van der Waals surface area contributed by atoms with Gasteiger partial charge in [-0.1, -0.05) is 29.8 Å². The van der Waals surface area contributed by atoms with Gasteiger partial charge in [0.1, 0.15) is 11.4 Å². The number of para-hydroxylation sites is 1. The maximum absolute atomic E-state index is 12.6. The molecule has 2 aromatic heterocycles. The van der Waals surface area contributed by atoms with Crippen molar-refractivity contribution in [3.8, 4) is 11.6 Å². The van der Waals surface area contributed by atoms with E-state index in [0.717, 1.165) is 11.4 Å². The molecule has 0 aliphatic rings. The number of nitrogens with one attached hydrogen (secondary N) is 1. The van der Waals surface area contributed by atoms with Crippen LogP contribution in [-0.4, -0.2) is 27.3 Å². The Kier molecular flexibility index (Phi) is 5.89. The average molecular weight is 407 g/mol. The molecule has 1 N–H and O–H groups in total. The van der Waals surface area contributed by atoms with Crippen LogP contribution in [0.2, 0.25) is 5.02 Å². The maximum Gasteiger partial charge on any atom is 0.387 e. The third-order valence-electron chi connectivity index (χ3n) is 3.90. The Morgan fingerprint density at radius 2 is 2.00 bits per heavy atom. The molecule has 0 saturated heterocycles. The molecular weight excluding hydrogens is 390 g/mol. The van der Waals surface area contributed by atoms with Crippen LogP contribution in [0.5, 0.6) is 5.75 Å². The lowest BCUT2D eigenvalue weighted by Gasteiger charge is -2.12. The first-order valence-corrected chi connectivity index (χ1v) is 8.74. The summed E-state index contributed by atoms with van der Waals surface area (Å²) < 4.78 is 31.1. The zero-order chi connectivity index (χ0) is 20.3. The highest BCUT2D eigenvalue weighted by molar-refractivity contribution is 6.33. The first-order chi connectivity index (χ1) is 13.3. The number of pyridine rings is 1. The van der Waals surface area contributed by atoms with Gasteiger partial charge in [0.05, 0.1) is 10.7 Å². The Balaban J connectivity index is 1.80. The number of aromatic nitrogens is 3. The van der Waals surface area contributed by atoms with Crippen molar-refractivity contribution in [2.75, 3.05) is 0 Å². The van der Waals surface area contributed by atoms with E-state index in [9.17, 15) is 13.6 Å². The summed E-state index contributed by atoms with van der Waals surface area (Å²) in [5.41, 5.74) is 2.09. The minimum absolute atomic E-state index is 0.00625. The lowest BCUT2D eigenvalue weighted by Crippen LogP contribution is -2.25. The van der Waals surface area contributed by atoms with Gasteiger partial charge >= 0.3 is 6.61 Å². The third kappa shape index (κ3) is 4.45. The molecule has 6 nitrogen and oxygen atoms in total. The van der Waals surface area contributed by atoms with Gasteiger partial charge in [0, 0.05) is 17.8 Å². The van der Waals surface area contributed by atoms with Gasteiger partial charge in [0.25, 0.3) is 5.91 Å². The molecule has 0 bridgehead atoms. The molecule has 3 rings (SSSR count). The zero-order valence-electron chi connectivity index (χ0n) is 15.1. The highest BCUT2D eigenvalue weighted by Gasteiger charge is 2.16. The Morgan fingerprint density at radius 1 is 1.25 bits per heavy atom. The van der Waals surface area contributed by atoms with E-state index in [1.54, 1.807) is 35.0 Å². The Bertz CT molecular complexity index is 1010. The maximum atomic E-state index is 12.6. The van der Waals surface area contributed by atoms with Gasteiger partial charge in [-0.15, -0.1) is 0 Å². The molecule has 0 spiro atoms. The predicted octanol–water partition coefficient (Wildman–Crippen LogP) is 4.07. The predicted molar refractivity (Wildman–Crippen MR) is 100 cm³/mol. The van der Waals surface area contributed by atoms with Crippen LogP contribution in [0.4, 0.5) is 8.78 Å². The SMILES string of the molecule is Cc1cc(C)n(-c2ccc(Cl)c(C(=O)NCc3ccccc3OC(F)F)n2)n1. The number of amides is 1. The fraction of sp³-hybridized carbons (Fsp3) is 0.211. The quantitative estimate of drug-likeness (QED) is 0.670.